The molecular formula is C23H20N2O5S2. The Hall–Kier alpha value is -3.43. The van der Waals surface area contributed by atoms with E-state index in [4.69, 9.17) is 4.74 Å². The minimum atomic E-state index is -3.98. The highest BCUT2D eigenvalue weighted by molar-refractivity contribution is 7.93. The van der Waals surface area contributed by atoms with Crippen molar-refractivity contribution in [2.45, 2.75) is 18.4 Å². The molecule has 1 aromatic heterocycles. The molecule has 0 aliphatic carbocycles. The van der Waals surface area contributed by atoms with Crippen LogP contribution < -0.4 is 9.04 Å². The van der Waals surface area contributed by atoms with Crippen LogP contribution in [-0.2, 0) is 16.6 Å². The lowest BCUT2D eigenvalue weighted by Crippen LogP contribution is -2.30. The third-order valence-electron chi connectivity index (χ3n) is 5.17. The van der Waals surface area contributed by atoms with Crippen molar-refractivity contribution in [3.05, 3.63) is 82.9 Å². The van der Waals surface area contributed by atoms with E-state index in [2.05, 4.69) is 4.98 Å². The topological polar surface area (TPSA) is 96.8 Å². The number of sulfonamides is 1. The highest BCUT2D eigenvalue weighted by Crippen LogP contribution is 2.31. The van der Waals surface area contributed by atoms with E-state index in [0.717, 1.165) is 11.1 Å². The number of ether oxygens (including phenoxy) is 1. The average molecular weight is 469 g/mol. The lowest BCUT2D eigenvalue weighted by molar-refractivity contribution is 0.0699. The number of thiazole rings is 1. The lowest BCUT2D eigenvalue weighted by atomic mass is 10.1. The summed E-state index contributed by atoms with van der Waals surface area (Å²) < 4.78 is 33.9. The summed E-state index contributed by atoms with van der Waals surface area (Å²) in [5, 5.41) is 12.5. The molecule has 1 N–H and O–H groups in total. The Kier molecular flexibility index (Phi) is 5.86. The number of methoxy groups -OCH3 is 1. The van der Waals surface area contributed by atoms with Gasteiger partial charge in [-0.15, -0.1) is 11.3 Å². The molecule has 0 radical (unpaired) electrons. The van der Waals surface area contributed by atoms with E-state index in [1.54, 1.807) is 36.9 Å². The fraction of sp³-hybridized carbons (Fsp3) is 0.130. The van der Waals surface area contributed by atoms with E-state index < -0.39 is 16.0 Å². The quantitative estimate of drug-likeness (QED) is 0.422. The average Bonchev–Trinajstić information content (AvgIpc) is 3.31. The molecule has 0 bridgehead atoms. The molecule has 0 fully saturated rings. The molecule has 7 nitrogen and oxygen atoms in total. The van der Waals surface area contributed by atoms with Crippen molar-refractivity contribution in [2.24, 2.45) is 0 Å². The minimum absolute atomic E-state index is 0.0638. The zero-order valence-corrected chi connectivity index (χ0v) is 19.0. The molecular weight excluding hydrogens is 448 g/mol. The molecule has 0 saturated carbocycles. The number of carbonyl (C=O) groups is 1. The van der Waals surface area contributed by atoms with Crippen LogP contribution in [-0.4, -0.2) is 31.6 Å². The summed E-state index contributed by atoms with van der Waals surface area (Å²) in [4.78, 5) is 15.8. The number of anilines is 1. The number of carboxylic acids is 1. The smallest absolute Gasteiger partial charge is 0.336 e. The van der Waals surface area contributed by atoms with Crippen LogP contribution in [0.3, 0.4) is 0 Å². The van der Waals surface area contributed by atoms with Crippen molar-refractivity contribution in [3.63, 3.8) is 0 Å². The Morgan fingerprint density at radius 2 is 1.97 bits per heavy atom. The number of hydrogen-bond donors (Lipinski definition) is 1. The maximum Gasteiger partial charge on any atom is 0.336 e. The van der Waals surface area contributed by atoms with Gasteiger partial charge in [0.15, 0.2) is 5.13 Å². The van der Waals surface area contributed by atoms with Crippen LogP contribution in [0.1, 0.15) is 21.5 Å². The van der Waals surface area contributed by atoms with Gasteiger partial charge in [-0.25, -0.2) is 22.5 Å². The van der Waals surface area contributed by atoms with Crippen molar-refractivity contribution in [3.8, 4) is 5.75 Å². The summed E-state index contributed by atoms with van der Waals surface area (Å²) in [6, 6.07) is 14.7. The van der Waals surface area contributed by atoms with E-state index >= 15 is 0 Å². The number of fused-ring (bicyclic) bond motifs is 1. The van der Waals surface area contributed by atoms with Crippen molar-refractivity contribution >= 4 is 43.2 Å². The number of aromatic nitrogens is 1. The van der Waals surface area contributed by atoms with Gasteiger partial charge in [-0.2, -0.15) is 0 Å². The molecule has 0 amide bonds. The molecule has 32 heavy (non-hydrogen) atoms. The van der Waals surface area contributed by atoms with Crippen molar-refractivity contribution < 1.29 is 23.1 Å². The van der Waals surface area contributed by atoms with Gasteiger partial charge in [-0.05, 0) is 59.2 Å². The second-order valence-corrected chi connectivity index (χ2v) is 9.85. The van der Waals surface area contributed by atoms with Crippen molar-refractivity contribution in [1.82, 2.24) is 4.98 Å². The molecule has 4 rings (SSSR count). The SMILES string of the molecule is COc1ccc(CN(c2nccs2)S(=O)(=O)c2ccc3c(C(=O)O)cccc3c2)c(C)c1. The first-order valence-corrected chi connectivity index (χ1v) is 11.9. The van der Waals surface area contributed by atoms with Crippen LogP contribution in [0.2, 0.25) is 0 Å². The van der Waals surface area contributed by atoms with Gasteiger partial charge in [0.2, 0.25) is 0 Å². The fourth-order valence-electron chi connectivity index (χ4n) is 3.46. The predicted octanol–water partition coefficient (Wildman–Crippen LogP) is 4.71. The standard InChI is InChI=1S/C23H20N2O5S2/c1-15-12-18(30-2)7-6-17(15)14-25(23-24-10-11-31-23)32(28,29)19-8-9-20-16(13-19)4-3-5-21(20)22(26)27/h3-13H,14H2,1-2H3,(H,26,27). The Morgan fingerprint density at radius 3 is 2.62 bits per heavy atom. The maximum atomic E-state index is 13.7. The monoisotopic (exact) mass is 468 g/mol. The van der Waals surface area contributed by atoms with Crippen LogP contribution in [0, 0.1) is 6.92 Å². The Labute approximate surface area is 189 Å². The van der Waals surface area contributed by atoms with Gasteiger partial charge in [0.25, 0.3) is 10.0 Å². The number of carboxylic acid groups (broad SMARTS) is 1. The van der Waals surface area contributed by atoms with E-state index in [9.17, 15) is 18.3 Å². The second-order valence-electron chi connectivity index (χ2n) is 7.11. The Morgan fingerprint density at radius 1 is 1.16 bits per heavy atom. The predicted molar refractivity (Wildman–Crippen MR) is 124 cm³/mol. The van der Waals surface area contributed by atoms with E-state index in [0.29, 0.717) is 21.7 Å². The summed E-state index contributed by atoms with van der Waals surface area (Å²) in [5.74, 6) is -0.371. The first-order valence-electron chi connectivity index (χ1n) is 9.63. The van der Waals surface area contributed by atoms with Gasteiger partial charge in [0.1, 0.15) is 5.75 Å². The molecule has 1 heterocycles. The number of benzene rings is 3. The summed E-state index contributed by atoms with van der Waals surface area (Å²) in [7, 11) is -2.40. The van der Waals surface area contributed by atoms with Gasteiger partial charge in [0, 0.05) is 11.6 Å². The van der Waals surface area contributed by atoms with Crippen LogP contribution in [0.15, 0.2) is 71.1 Å². The second kappa shape index (κ2) is 8.60. The molecule has 0 aliphatic rings. The van der Waals surface area contributed by atoms with Gasteiger partial charge in [-0.1, -0.05) is 24.3 Å². The highest BCUT2D eigenvalue weighted by atomic mass is 32.2. The van der Waals surface area contributed by atoms with Gasteiger partial charge < -0.3 is 9.84 Å². The summed E-state index contributed by atoms with van der Waals surface area (Å²) >= 11 is 1.23. The molecule has 3 aromatic carbocycles. The van der Waals surface area contributed by atoms with Crippen molar-refractivity contribution in [1.29, 1.82) is 0 Å². The first kappa shape index (κ1) is 21.8. The molecule has 0 aliphatic heterocycles. The van der Waals surface area contributed by atoms with Crippen LogP contribution >= 0.6 is 11.3 Å². The summed E-state index contributed by atoms with van der Waals surface area (Å²) in [5.41, 5.74) is 1.83. The van der Waals surface area contributed by atoms with E-state index in [1.165, 1.54) is 39.9 Å². The lowest BCUT2D eigenvalue weighted by Gasteiger charge is -2.23. The number of aryl methyl sites for hydroxylation is 1. The summed E-state index contributed by atoms with van der Waals surface area (Å²) in [6.07, 6.45) is 1.56. The molecule has 4 aromatic rings. The van der Waals surface area contributed by atoms with E-state index in [1.807, 2.05) is 19.1 Å². The van der Waals surface area contributed by atoms with Crippen LogP contribution in [0.4, 0.5) is 5.13 Å². The Bertz CT molecular complexity index is 1400. The largest absolute Gasteiger partial charge is 0.497 e. The van der Waals surface area contributed by atoms with Gasteiger partial charge in [-0.3, -0.25) is 0 Å². The third kappa shape index (κ3) is 4.04. The number of nitrogens with zero attached hydrogens (tertiary/aromatic N) is 2. The zero-order chi connectivity index (χ0) is 22.9. The molecule has 0 atom stereocenters. The maximum absolute atomic E-state index is 13.7. The number of aromatic carboxylic acids is 1. The van der Waals surface area contributed by atoms with Gasteiger partial charge >= 0.3 is 5.97 Å². The molecule has 0 saturated heterocycles. The minimum Gasteiger partial charge on any atom is -0.497 e. The zero-order valence-electron chi connectivity index (χ0n) is 17.3. The molecule has 0 spiro atoms. The third-order valence-corrected chi connectivity index (χ3v) is 7.81. The van der Waals surface area contributed by atoms with E-state index in [-0.39, 0.29) is 17.0 Å². The number of hydrogen-bond acceptors (Lipinski definition) is 6. The van der Waals surface area contributed by atoms with Crippen molar-refractivity contribution in [2.75, 3.05) is 11.4 Å². The highest BCUT2D eigenvalue weighted by Gasteiger charge is 2.28. The molecule has 0 unspecified atom stereocenters. The number of rotatable bonds is 7. The first-order chi connectivity index (χ1) is 15.3. The molecule has 164 valence electrons. The van der Waals surface area contributed by atoms with Gasteiger partial charge in [0.05, 0.1) is 24.1 Å². The summed E-state index contributed by atoms with van der Waals surface area (Å²) in [6.45, 7) is 1.99. The molecule has 9 heteroatoms. The Balaban J connectivity index is 1.80. The fourth-order valence-corrected chi connectivity index (χ4v) is 5.76. The normalized spacial score (nSPS) is 11.4. The van der Waals surface area contributed by atoms with Crippen LogP contribution in [0.5, 0.6) is 5.75 Å². The van der Waals surface area contributed by atoms with Crippen LogP contribution in [0.25, 0.3) is 10.8 Å².